The molecule has 1 saturated carbocycles. The van der Waals surface area contributed by atoms with Crippen LogP contribution in [0, 0.1) is 0 Å². The van der Waals surface area contributed by atoms with Crippen LogP contribution < -0.4 is 4.74 Å². The van der Waals surface area contributed by atoms with Crippen molar-refractivity contribution in [3.63, 3.8) is 0 Å². The maximum atomic E-state index is 11.0. The SMILES string of the molecule is CC(C)(Oc1cccc(C2CC2(Cl)Cl)c1)C(=O)O. The Morgan fingerprint density at radius 3 is 2.61 bits per heavy atom. The molecule has 1 N–H and O–H groups in total. The predicted molar refractivity (Wildman–Crippen MR) is 70.6 cm³/mol. The summed E-state index contributed by atoms with van der Waals surface area (Å²) in [5, 5.41) is 9.01. The second kappa shape index (κ2) is 4.32. The lowest BCUT2D eigenvalue weighted by Gasteiger charge is -2.21. The van der Waals surface area contributed by atoms with Gasteiger partial charge in [-0.05, 0) is 38.0 Å². The molecule has 2 rings (SSSR count). The highest BCUT2D eigenvalue weighted by molar-refractivity contribution is 6.51. The lowest BCUT2D eigenvalue weighted by molar-refractivity contribution is -0.152. The van der Waals surface area contributed by atoms with Crippen molar-refractivity contribution in [2.75, 3.05) is 0 Å². The average Bonchev–Trinajstić information content (AvgIpc) is 2.87. The van der Waals surface area contributed by atoms with Crippen molar-refractivity contribution in [1.29, 1.82) is 0 Å². The Morgan fingerprint density at radius 1 is 1.50 bits per heavy atom. The molecule has 1 fully saturated rings. The largest absolute Gasteiger partial charge is 0.478 e. The number of halogens is 2. The molecule has 0 amide bonds. The lowest BCUT2D eigenvalue weighted by Crippen LogP contribution is -2.37. The molecule has 1 aliphatic rings. The molecule has 98 valence electrons. The first-order chi connectivity index (χ1) is 8.22. The van der Waals surface area contributed by atoms with Crippen LogP contribution >= 0.6 is 23.2 Å². The van der Waals surface area contributed by atoms with Gasteiger partial charge in [0, 0.05) is 5.92 Å². The van der Waals surface area contributed by atoms with Gasteiger partial charge >= 0.3 is 5.97 Å². The average molecular weight is 289 g/mol. The van der Waals surface area contributed by atoms with E-state index < -0.39 is 15.9 Å². The van der Waals surface area contributed by atoms with Gasteiger partial charge in [0.15, 0.2) is 5.60 Å². The van der Waals surface area contributed by atoms with Gasteiger partial charge in [-0.25, -0.2) is 4.79 Å². The molecule has 0 spiro atoms. The van der Waals surface area contributed by atoms with E-state index in [1.807, 2.05) is 12.1 Å². The van der Waals surface area contributed by atoms with Crippen LogP contribution in [0.15, 0.2) is 24.3 Å². The van der Waals surface area contributed by atoms with Crippen molar-refractivity contribution in [1.82, 2.24) is 0 Å². The predicted octanol–water partition coefficient (Wildman–Crippen LogP) is 3.59. The first-order valence-corrected chi connectivity index (χ1v) is 6.38. The number of hydrogen-bond donors (Lipinski definition) is 1. The van der Waals surface area contributed by atoms with Crippen molar-refractivity contribution in [2.45, 2.75) is 36.1 Å². The number of carbonyl (C=O) groups is 1. The van der Waals surface area contributed by atoms with Crippen LogP contribution in [0.25, 0.3) is 0 Å². The number of carboxylic acids is 1. The smallest absolute Gasteiger partial charge is 0.347 e. The summed E-state index contributed by atoms with van der Waals surface area (Å²) < 4.78 is 4.77. The molecule has 1 atom stereocenters. The molecule has 5 heteroatoms. The number of ether oxygens (including phenoxy) is 1. The highest BCUT2D eigenvalue weighted by atomic mass is 35.5. The van der Waals surface area contributed by atoms with E-state index >= 15 is 0 Å². The fourth-order valence-electron chi connectivity index (χ4n) is 1.71. The van der Waals surface area contributed by atoms with Crippen molar-refractivity contribution in [3.8, 4) is 5.75 Å². The maximum absolute atomic E-state index is 11.0. The van der Waals surface area contributed by atoms with Gasteiger partial charge in [0.05, 0.1) is 0 Å². The van der Waals surface area contributed by atoms with Gasteiger partial charge in [-0.3, -0.25) is 0 Å². The number of rotatable bonds is 4. The molecule has 0 bridgehead atoms. The zero-order valence-electron chi connectivity index (χ0n) is 10.1. The number of hydrogen-bond acceptors (Lipinski definition) is 2. The molecular weight excluding hydrogens is 275 g/mol. The van der Waals surface area contributed by atoms with Gasteiger partial charge < -0.3 is 9.84 Å². The summed E-state index contributed by atoms with van der Waals surface area (Å²) >= 11 is 12.0. The van der Waals surface area contributed by atoms with Gasteiger partial charge in [0.2, 0.25) is 0 Å². The van der Waals surface area contributed by atoms with Gasteiger partial charge in [0.1, 0.15) is 10.1 Å². The second-order valence-electron chi connectivity index (χ2n) is 5.01. The third kappa shape index (κ3) is 2.73. The molecule has 0 radical (unpaired) electrons. The molecule has 18 heavy (non-hydrogen) atoms. The summed E-state index contributed by atoms with van der Waals surface area (Å²) in [6.07, 6.45) is 0.710. The van der Waals surface area contributed by atoms with Crippen LogP contribution in [0.4, 0.5) is 0 Å². The fraction of sp³-hybridized carbons (Fsp3) is 0.462. The number of benzene rings is 1. The van der Waals surface area contributed by atoms with E-state index in [4.69, 9.17) is 33.0 Å². The Balaban J connectivity index is 2.16. The number of alkyl halides is 2. The summed E-state index contributed by atoms with van der Waals surface area (Å²) in [6, 6.07) is 7.24. The third-order valence-electron chi connectivity index (χ3n) is 2.97. The minimum Gasteiger partial charge on any atom is -0.478 e. The Bertz CT molecular complexity index is 483. The minimum absolute atomic E-state index is 0.0947. The van der Waals surface area contributed by atoms with E-state index in [1.165, 1.54) is 13.8 Å². The van der Waals surface area contributed by atoms with E-state index in [1.54, 1.807) is 12.1 Å². The topological polar surface area (TPSA) is 46.5 Å². The van der Waals surface area contributed by atoms with Crippen LogP contribution in [0.2, 0.25) is 0 Å². The van der Waals surface area contributed by atoms with Crippen LogP contribution in [-0.4, -0.2) is 21.0 Å². The standard InChI is InChI=1S/C13H14Cl2O3/c1-12(2,11(16)17)18-9-5-3-4-8(6-9)10-7-13(10,14)15/h3-6,10H,7H2,1-2H3,(H,16,17). The molecule has 0 heterocycles. The highest BCUT2D eigenvalue weighted by Crippen LogP contribution is 2.59. The summed E-state index contributed by atoms with van der Waals surface area (Å²) in [4.78, 5) is 11.0. The Hall–Kier alpha value is -0.930. The molecule has 0 aliphatic heterocycles. The summed E-state index contributed by atoms with van der Waals surface area (Å²) in [7, 11) is 0. The summed E-state index contributed by atoms with van der Waals surface area (Å²) in [5.74, 6) is -0.406. The zero-order valence-corrected chi connectivity index (χ0v) is 11.6. The van der Waals surface area contributed by atoms with Gasteiger partial charge in [-0.1, -0.05) is 12.1 Å². The molecule has 0 saturated heterocycles. The maximum Gasteiger partial charge on any atom is 0.347 e. The minimum atomic E-state index is -1.26. The van der Waals surface area contributed by atoms with Crippen LogP contribution in [0.1, 0.15) is 31.7 Å². The van der Waals surface area contributed by atoms with Gasteiger partial charge in [-0.15, -0.1) is 23.2 Å². The Kier molecular flexibility index (Phi) is 3.24. The van der Waals surface area contributed by atoms with Crippen molar-refractivity contribution in [3.05, 3.63) is 29.8 Å². The van der Waals surface area contributed by atoms with Crippen molar-refractivity contribution in [2.24, 2.45) is 0 Å². The molecule has 0 aromatic heterocycles. The normalized spacial score (nSPS) is 21.4. The van der Waals surface area contributed by atoms with E-state index in [0.717, 1.165) is 5.56 Å². The van der Waals surface area contributed by atoms with Crippen molar-refractivity contribution < 1.29 is 14.6 Å². The van der Waals surface area contributed by atoms with Gasteiger partial charge in [0.25, 0.3) is 0 Å². The first kappa shape index (κ1) is 13.5. The Labute approximate surface area is 116 Å². The third-order valence-corrected chi connectivity index (χ3v) is 3.81. The lowest BCUT2D eigenvalue weighted by atomic mass is 10.1. The fourth-order valence-corrected chi connectivity index (χ4v) is 2.27. The number of carboxylic acid groups (broad SMARTS) is 1. The monoisotopic (exact) mass is 288 g/mol. The molecule has 3 nitrogen and oxygen atoms in total. The summed E-state index contributed by atoms with van der Waals surface area (Å²) in [6.45, 7) is 3.01. The van der Waals surface area contributed by atoms with E-state index in [2.05, 4.69) is 0 Å². The van der Waals surface area contributed by atoms with Gasteiger partial charge in [-0.2, -0.15) is 0 Å². The molecular formula is C13H14Cl2O3. The van der Waals surface area contributed by atoms with Crippen LogP contribution in [0.3, 0.4) is 0 Å². The molecule has 1 unspecified atom stereocenters. The molecule has 1 aromatic carbocycles. The van der Waals surface area contributed by atoms with E-state index in [9.17, 15) is 4.79 Å². The summed E-state index contributed by atoms with van der Waals surface area (Å²) in [5.41, 5.74) is -0.292. The van der Waals surface area contributed by atoms with Crippen LogP contribution in [0.5, 0.6) is 5.75 Å². The Morgan fingerprint density at radius 2 is 2.11 bits per heavy atom. The highest BCUT2D eigenvalue weighted by Gasteiger charge is 2.52. The molecule has 1 aliphatic carbocycles. The van der Waals surface area contributed by atoms with Crippen LogP contribution in [-0.2, 0) is 4.79 Å². The van der Waals surface area contributed by atoms with E-state index in [0.29, 0.717) is 12.2 Å². The first-order valence-electron chi connectivity index (χ1n) is 5.62. The van der Waals surface area contributed by atoms with E-state index in [-0.39, 0.29) is 5.92 Å². The van der Waals surface area contributed by atoms with Crippen molar-refractivity contribution >= 4 is 29.2 Å². The quantitative estimate of drug-likeness (QED) is 0.862. The molecule has 1 aromatic rings. The second-order valence-corrected chi connectivity index (χ2v) is 6.55. The zero-order chi connectivity index (χ0) is 13.6. The number of aliphatic carboxylic acids is 1.